The summed E-state index contributed by atoms with van der Waals surface area (Å²) in [5, 5.41) is 5.31. The first-order chi connectivity index (χ1) is 10.2. The van der Waals surface area contributed by atoms with Crippen LogP contribution in [0.4, 0.5) is 0 Å². The van der Waals surface area contributed by atoms with E-state index in [1.165, 1.54) is 5.56 Å². The summed E-state index contributed by atoms with van der Waals surface area (Å²) in [5.74, 6) is 0.836. The molecule has 0 amide bonds. The van der Waals surface area contributed by atoms with Gasteiger partial charge in [0.05, 0.1) is 11.5 Å². The van der Waals surface area contributed by atoms with Crippen LogP contribution in [0.2, 0.25) is 0 Å². The Morgan fingerprint density at radius 2 is 2.05 bits per heavy atom. The van der Waals surface area contributed by atoms with Gasteiger partial charge >= 0.3 is 0 Å². The summed E-state index contributed by atoms with van der Waals surface area (Å²) in [7, 11) is 2.07. The molecule has 2 aromatic heterocycles. The summed E-state index contributed by atoms with van der Waals surface area (Å²) < 4.78 is 2.48. The van der Waals surface area contributed by atoms with Gasteiger partial charge < -0.3 is 0 Å². The fourth-order valence-corrected chi connectivity index (χ4v) is 3.02. The van der Waals surface area contributed by atoms with Crippen molar-refractivity contribution in [3.05, 3.63) is 58.2 Å². The van der Waals surface area contributed by atoms with E-state index >= 15 is 0 Å². The largest absolute Gasteiger partial charge is 0.283 e. The van der Waals surface area contributed by atoms with Gasteiger partial charge in [-0.15, -0.1) is 11.3 Å². The second-order valence-corrected chi connectivity index (χ2v) is 6.21. The topological polar surface area (TPSA) is 36.9 Å². The molecule has 0 saturated heterocycles. The van der Waals surface area contributed by atoms with E-state index in [9.17, 15) is 0 Å². The lowest BCUT2D eigenvalue weighted by molar-refractivity contribution is 0.244. The first-order valence-electron chi connectivity index (χ1n) is 6.65. The van der Waals surface area contributed by atoms with E-state index in [1.807, 2.05) is 28.3 Å². The van der Waals surface area contributed by atoms with E-state index < -0.39 is 0 Å². The van der Waals surface area contributed by atoms with Gasteiger partial charge in [-0.2, -0.15) is 4.98 Å². The summed E-state index contributed by atoms with van der Waals surface area (Å²) in [5.41, 5.74) is 1.28. The molecule has 0 aliphatic carbocycles. The molecular weight excluding hydrogens is 300 g/mol. The lowest BCUT2D eigenvalue weighted by Gasteiger charge is -2.16. The van der Waals surface area contributed by atoms with E-state index in [2.05, 4.69) is 46.3 Å². The quantitative estimate of drug-likeness (QED) is 0.728. The van der Waals surface area contributed by atoms with E-state index in [0.717, 1.165) is 17.2 Å². The van der Waals surface area contributed by atoms with Crippen LogP contribution in [0, 0.1) is 4.77 Å². The average Bonchev–Trinajstić information content (AvgIpc) is 3.10. The van der Waals surface area contributed by atoms with Crippen molar-refractivity contribution in [2.24, 2.45) is 0 Å². The number of H-pyrrole nitrogens is 1. The summed E-state index contributed by atoms with van der Waals surface area (Å²) in [6, 6.07) is 14.4. The molecule has 0 saturated carbocycles. The highest BCUT2D eigenvalue weighted by Crippen LogP contribution is 2.20. The van der Waals surface area contributed by atoms with Gasteiger partial charge in [-0.25, -0.2) is 4.68 Å². The molecule has 0 unspecified atom stereocenters. The van der Waals surface area contributed by atoms with Crippen molar-refractivity contribution in [1.82, 2.24) is 19.7 Å². The van der Waals surface area contributed by atoms with Crippen LogP contribution in [-0.2, 0) is 13.2 Å². The molecule has 21 heavy (non-hydrogen) atoms. The molecule has 1 N–H and O–H groups in total. The Morgan fingerprint density at radius 1 is 1.24 bits per heavy atom. The molecule has 3 aromatic rings. The minimum atomic E-state index is 0.582. The van der Waals surface area contributed by atoms with Crippen molar-refractivity contribution >= 4 is 23.6 Å². The Balaban J connectivity index is 1.72. The standard InChI is InChI=1S/C15H16N4S2/c1-18(10-12-6-3-2-4-7-12)11-19-15(20)16-14(17-19)13-8-5-9-21-13/h2-9H,10-11H2,1H3,(H,16,17,20). The Labute approximate surface area is 132 Å². The predicted molar refractivity (Wildman–Crippen MR) is 88.6 cm³/mol. The van der Waals surface area contributed by atoms with Crippen molar-refractivity contribution in [3.63, 3.8) is 0 Å². The molecule has 0 aliphatic heterocycles. The smallest absolute Gasteiger partial charge is 0.217 e. The molecule has 0 atom stereocenters. The highest BCUT2D eigenvalue weighted by Gasteiger charge is 2.08. The van der Waals surface area contributed by atoms with Gasteiger partial charge in [0.1, 0.15) is 0 Å². The van der Waals surface area contributed by atoms with Crippen LogP contribution in [0.3, 0.4) is 0 Å². The van der Waals surface area contributed by atoms with E-state index in [1.54, 1.807) is 11.3 Å². The Hall–Kier alpha value is -1.76. The highest BCUT2D eigenvalue weighted by atomic mass is 32.1. The number of hydrogen-bond acceptors (Lipinski definition) is 4. The normalized spacial score (nSPS) is 11.1. The van der Waals surface area contributed by atoms with Crippen LogP contribution in [-0.4, -0.2) is 26.7 Å². The van der Waals surface area contributed by atoms with E-state index in [-0.39, 0.29) is 0 Å². The zero-order valence-corrected chi connectivity index (χ0v) is 13.3. The van der Waals surface area contributed by atoms with Crippen LogP contribution in [0.25, 0.3) is 10.7 Å². The van der Waals surface area contributed by atoms with Crippen LogP contribution in [0.1, 0.15) is 5.56 Å². The van der Waals surface area contributed by atoms with Crippen LogP contribution in [0.15, 0.2) is 47.8 Å². The Kier molecular flexibility index (Phi) is 4.28. The average molecular weight is 316 g/mol. The molecule has 2 heterocycles. The van der Waals surface area contributed by atoms with Crippen LogP contribution < -0.4 is 0 Å². The molecule has 3 rings (SSSR count). The first kappa shape index (κ1) is 14.2. The number of aromatic nitrogens is 3. The van der Waals surface area contributed by atoms with Gasteiger partial charge in [-0.1, -0.05) is 36.4 Å². The molecule has 0 fully saturated rings. The minimum Gasteiger partial charge on any atom is -0.283 e. The molecule has 108 valence electrons. The number of thiophene rings is 1. The maximum absolute atomic E-state index is 5.33. The van der Waals surface area contributed by atoms with Crippen molar-refractivity contribution in [2.45, 2.75) is 13.2 Å². The zero-order valence-electron chi connectivity index (χ0n) is 11.7. The Morgan fingerprint density at radius 3 is 2.76 bits per heavy atom. The predicted octanol–water partition coefficient (Wildman–Crippen LogP) is 3.76. The van der Waals surface area contributed by atoms with Crippen molar-refractivity contribution < 1.29 is 0 Å². The molecule has 6 heteroatoms. The fraction of sp³-hybridized carbons (Fsp3) is 0.200. The fourth-order valence-electron chi connectivity index (χ4n) is 2.16. The molecule has 1 aromatic carbocycles. The minimum absolute atomic E-state index is 0.582. The monoisotopic (exact) mass is 316 g/mol. The number of nitrogens with zero attached hydrogens (tertiary/aromatic N) is 3. The van der Waals surface area contributed by atoms with Gasteiger partial charge in [0.15, 0.2) is 5.82 Å². The first-order valence-corrected chi connectivity index (χ1v) is 7.94. The number of aromatic amines is 1. The Bertz CT molecular complexity index is 744. The second-order valence-electron chi connectivity index (χ2n) is 4.90. The van der Waals surface area contributed by atoms with Crippen LogP contribution in [0.5, 0.6) is 0 Å². The summed E-state index contributed by atoms with van der Waals surface area (Å²) in [6.07, 6.45) is 0. The summed E-state index contributed by atoms with van der Waals surface area (Å²) in [4.78, 5) is 7.72. The maximum atomic E-state index is 5.33. The third kappa shape index (κ3) is 3.47. The molecule has 0 bridgehead atoms. The molecule has 4 nitrogen and oxygen atoms in total. The summed E-state index contributed by atoms with van der Waals surface area (Å²) in [6.45, 7) is 1.56. The number of nitrogens with one attached hydrogen (secondary N) is 1. The molecule has 0 radical (unpaired) electrons. The lowest BCUT2D eigenvalue weighted by Crippen LogP contribution is -2.22. The SMILES string of the molecule is CN(Cc1ccccc1)Cn1[nH]c(-c2cccs2)nc1=S. The highest BCUT2D eigenvalue weighted by molar-refractivity contribution is 7.71. The third-order valence-electron chi connectivity index (χ3n) is 3.11. The molecule has 0 aliphatic rings. The summed E-state index contributed by atoms with van der Waals surface area (Å²) >= 11 is 6.98. The number of benzene rings is 1. The van der Waals surface area contributed by atoms with E-state index in [4.69, 9.17) is 12.2 Å². The van der Waals surface area contributed by atoms with E-state index in [0.29, 0.717) is 11.4 Å². The second kappa shape index (κ2) is 6.34. The zero-order chi connectivity index (χ0) is 14.7. The van der Waals surface area contributed by atoms with Crippen molar-refractivity contribution in [1.29, 1.82) is 0 Å². The van der Waals surface area contributed by atoms with Crippen LogP contribution >= 0.6 is 23.6 Å². The van der Waals surface area contributed by atoms with Gasteiger partial charge in [0, 0.05) is 6.54 Å². The van der Waals surface area contributed by atoms with Crippen molar-refractivity contribution in [3.8, 4) is 10.7 Å². The lowest BCUT2D eigenvalue weighted by atomic mass is 10.2. The third-order valence-corrected chi connectivity index (χ3v) is 4.30. The molecular formula is C15H16N4S2. The van der Waals surface area contributed by atoms with Crippen molar-refractivity contribution in [2.75, 3.05) is 7.05 Å². The van der Waals surface area contributed by atoms with Gasteiger partial charge in [-0.3, -0.25) is 10.00 Å². The number of hydrogen-bond donors (Lipinski definition) is 1. The number of rotatable bonds is 5. The van der Waals surface area contributed by atoms with Gasteiger partial charge in [0.2, 0.25) is 4.77 Å². The molecule has 0 spiro atoms. The van der Waals surface area contributed by atoms with Gasteiger partial charge in [0.25, 0.3) is 0 Å². The van der Waals surface area contributed by atoms with Gasteiger partial charge in [-0.05, 0) is 36.3 Å². The maximum Gasteiger partial charge on any atom is 0.217 e.